The van der Waals surface area contributed by atoms with Gasteiger partial charge in [-0.2, -0.15) is 15.4 Å². The summed E-state index contributed by atoms with van der Waals surface area (Å²) in [6.07, 6.45) is 3.58. The summed E-state index contributed by atoms with van der Waals surface area (Å²) >= 11 is 12.0. The Labute approximate surface area is 384 Å². The highest BCUT2D eigenvalue weighted by molar-refractivity contribution is 6.31. The van der Waals surface area contributed by atoms with Gasteiger partial charge in [0, 0.05) is 73.7 Å². The molecule has 4 atom stereocenters. The second-order valence-corrected chi connectivity index (χ2v) is 18.0. The number of carboxylic acid groups (broad SMARTS) is 2. The molecule has 5 N–H and O–H groups in total. The van der Waals surface area contributed by atoms with Gasteiger partial charge in [0.1, 0.15) is 17.3 Å². The summed E-state index contributed by atoms with van der Waals surface area (Å²) in [5, 5.41) is 30.7. The molecule has 0 bridgehead atoms. The quantitative estimate of drug-likeness (QED) is 0.0743. The molecule has 2 unspecified atom stereocenters. The minimum Gasteiger partial charge on any atom is -0.481 e. The Hall–Kier alpha value is -6.03. The number of H-pyrrole nitrogens is 1. The average Bonchev–Trinajstić information content (AvgIpc) is 4.06. The molecule has 342 valence electrons. The number of carboxylic acids is 2. The van der Waals surface area contributed by atoms with Crippen LogP contribution < -0.4 is 5.73 Å². The highest BCUT2D eigenvalue weighted by atomic mass is 35.5. The number of aromatic nitrogens is 3. The maximum absolute atomic E-state index is 14.3. The van der Waals surface area contributed by atoms with Gasteiger partial charge in [-0.05, 0) is 103 Å². The number of Topliss-reactive ketones (excluding diaryl/α,β-unsaturated/α-hetero) is 1. The zero-order chi connectivity index (χ0) is 47.1. The van der Waals surface area contributed by atoms with Gasteiger partial charge in [-0.15, -0.1) is 0 Å². The number of aromatic amines is 1. The molecule has 5 aromatic rings. The summed E-state index contributed by atoms with van der Waals surface area (Å²) in [5.74, 6) is -3.48. The van der Waals surface area contributed by atoms with E-state index < -0.39 is 22.8 Å². The lowest BCUT2D eigenvalue weighted by molar-refractivity contribution is -0.150. The highest BCUT2D eigenvalue weighted by Crippen LogP contribution is 2.40. The van der Waals surface area contributed by atoms with Crippen molar-refractivity contribution in [2.24, 2.45) is 22.5 Å². The Morgan fingerprint density at radius 3 is 1.60 bits per heavy atom. The number of benzene rings is 4. The van der Waals surface area contributed by atoms with E-state index in [1.807, 2.05) is 24.3 Å². The molecule has 1 aromatic heterocycles. The standard InChI is InChI=1S/C26H26ClFN4O4.C22H24ClFN2O3/c1-16(33)32-9-8-26(15-32,25(35)36)13-18(11-24(34)23-14-29-31-30-23)10-17-2-4-19(5-3-17)21-12-20(27)6-7-22(21)28;1-14(27)26-9-8-22(13-26,21(28)29)12-18(25)10-15-2-4-16(5-3-15)19-11-17(23)6-7-20(19)24/h2-7,12,14,18H,8-11,13,15H2,1H3,(H,35,36)(H,29,30,31);2-7,11,18H,8-10,12-13,25H2,1H3,(H,28,29)/t18-,26?;18-,22?/m01/s1. The fourth-order valence-corrected chi connectivity index (χ4v) is 9.24. The summed E-state index contributed by atoms with van der Waals surface area (Å²) < 4.78 is 28.3. The number of rotatable bonds is 15. The van der Waals surface area contributed by atoms with Gasteiger partial charge in [0.05, 0.1) is 17.0 Å². The molecule has 0 aliphatic carbocycles. The first kappa shape index (κ1) is 48.4. The molecule has 0 saturated carbocycles. The molecule has 17 heteroatoms. The number of nitrogens with zero attached hydrogens (tertiary/aromatic N) is 4. The van der Waals surface area contributed by atoms with Gasteiger partial charge in [-0.3, -0.25) is 24.0 Å². The van der Waals surface area contributed by atoms with Crippen LogP contribution in [0.1, 0.15) is 67.6 Å². The van der Waals surface area contributed by atoms with E-state index >= 15 is 0 Å². The monoisotopic (exact) mass is 930 g/mol. The topological polar surface area (TPSA) is 200 Å². The number of halogens is 4. The molecule has 2 amide bonds. The Morgan fingerprint density at radius 1 is 0.723 bits per heavy atom. The molecule has 13 nitrogen and oxygen atoms in total. The lowest BCUT2D eigenvalue weighted by Crippen LogP contribution is -2.41. The molecule has 3 heterocycles. The smallest absolute Gasteiger partial charge is 0.311 e. The zero-order valence-electron chi connectivity index (χ0n) is 35.9. The number of carbonyl (C=O) groups excluding carboxylic acids is 3. The van der Waals surface area contributed by atoms with E-state index in [4.69, 9.17) is 28.9 Å². The summed E-state index contributed by atoms with van der Waals surface area (Å²) in [6.45, 7) is 3.98. The van der Waals surface area contributed by atoms with Crippen molar-refractivity contribution in [1.82, 2.24) is 25.2 Å². The zero-order valence-corrected chi connectivity index (χ0v) is 37.4. The molecular formula is C48H50Cl2F2N6O7. The van der Waals surface area contributed by atoms with Crippen LogP contribution in [-0.4, -0.2) is 97.2 Å². The normalized spacial score (nSPS) is 19.0. The molecule has 2 aliphatic heterocycles. The second-order valence-electron chi connectivity index (χ2n) is 17.1. The lowest BCUT2D eigenvalue weighted by Gasteiger charge is -2.29. The molecule has 2 fully saturated rings. The van der Waals surface area contributed by atoms with Crippen LogP contribution in [0.3, 0.4) is 0 Å². The number of hydrogen-bond donors (Lipinski definition) is 4. The van der Waals surface area contributed by atoms with E-state index in [0.29, 0.717) is 71.1 Å². The number of nitrogens with two attached hydrogens (primary N) is 1. The van der Waals surface area contributed by atoms with Crippen molar-refractivity contribution in [3.8, 4) is 22.3 Å². The Kier molecular flexibility index (Phi) is 15.5. The minimum atomic E-state index is -1.13. The number of likely N-dealkylation sites (tertiary alicyclic amines) is 2. The number of carbonyl (C=O) groups is 5. The van der Waals surface area contributed by atoms with Crippen LogP contribution in [0.5, 0.6) is 0 Å². The predicted octanol–water partition coefficient (Wildman–Crippen LogP) is 8.14. The van der Waals surface area contributed by atoms with Gasteiger partial charge in [0.15, 0.2) is 5.78 Å². The van der Waals surface area contributed by atoms with E-state index in [1.54, 1.807) is 46.2 Å². The van der Waals surface area contributed by atoms with E-state index in [-0.39, 0.29) is 79.2 Å². The lowest BCUT2D eigenvalue weighted by atomic mass is 9.75. The van der Waals surface area contributed by atoms with Crippen molar-refractivity contribution in [2.75, 3.05) is 26.2 Å². The Bertz CT molecular complexity index is 2530. The first-order valence-corrected chi connectivity index (χ1v) is 21.8. The third kappa shape index (κ3) is 12.0. The first-order valence-electron chi connectivity index (χ1n) is 21.1. The van der Waals surface area contributed by atoms with E-state index in [1.165, 1.54) is 44.3 Å². The predicted molar refractivity (Wildman–Crippen MR) is 241 cm³/mol. The van der Waals surface area contributed by atoms with Gasteiger partial charge < -0.3 is 25.7 Å². The van der Waals surface area contributed by atoms with Crippen molar-refractivity contribution in [2.45, 2.75) is 64.8 Å². The van der Waals surface area contributed by atoms with Crippen molar-refractivity contribution in [3.05, 3.63) is 130 Å². The fourth-order valence-electron chi connectivity index (χ4n) is 8.90. The summed E-state index contributed by atoms with van der Waals surface area (Å²) in [4.78, 5) is 63.7. The first-order chi connectivity index (χ1) is 30.9. The molecule has 4 aromatic carbocycles. The third-order valence-electron chi connectivity index (χ3n) is 12.4. The van der Waals surface area contributed by atoms with Crippen LogP contribution in [0.4, 0.5) is 8.78 Å². The Morgan fingerprint density at radius 2 is 1.18 bits per heavy atom. The van der Waals surface area contributed by atoms with Gasteiger partial charge in [-0.25, -0.2) is 8.78 Å². The van der Waals surface area contributed by atoms with Crippen molar-refractivity contribution < 1.29 is 43.0 Å². The molecule has 65 heavy (non-hydrogen) atoms. The molecule has 2 aliphatic rings. The van der Waals surface area contributed by atoms with Crippen LogP contribution in [0, 0.1) is 28.4 Å². The van der Waals surface area contributed by atoms with E-state index in [9.17, 15) is 43.0 Å². The molecular weight excluding hydrogens is 881 g/mol. The highest BCUT2D eigenvalue weighted by Gasteiger charge is 2.48. The molecule has 0 spiro atoms. The molecule has 7 rings (SSSR count). The number of amides is 2. The van der Waals surface area contributed by atoms with Crippen molar-refractivity contribution >= 4 is 52.7 Å². The van der Waals surface area contributed by atoms with Crippen LogP contribution >= 0.6 is 23.2 Å². The fraction of sp³-hybridized carbons (Fsp3) is 0.354. The molecule has 2 saturated heterocycles. The molecule has 0 radical (unpaired) electrons. The van der Waals surface area contributed by atoms with Gasteiger partial charge in [0.2, 0.25) is 11.8 Å². The van der Waals surface area contributed by atoms with Gasteiger partial charge in [0.25, 0.3) is 0 Å². The summed E-state index contributed by atoms with van der Waals surface area (Å²) in [6, 6.07) is 23.0. The van der Waals surface area contributed by atoms with E-state index in [0.717, 1.165) is 11.1 Å². The SMILES string of the molecule is CC(=O)N1CCC(C[C@H](CC(=O)c2cn[nH]n2)Cc2ccc(-c3cc(Cl)ccc3F)cc2)(C(=O)O)C1.CC(=O)N1CCC(C[C@H](N)Cc2ccc(-c3cc(Cl)ccc3F)cc2)(C(=O)O)C1. The van der Waals surface area contributed by atoms with Crippen molar-refractivity contribution in [1.29, 1.82) is 0 Å². The van der Waals surface area contributed by atoms with Gasteiger partial charge in [-0.1, -0.05) is 71.7 Å². The second kappa shape index (κ2) is 20.9. The van der Waals surface area contributed by atoms with Crippen LogP contribution in [0.25, 0.3) is 22.3 Å². The largest absolute Gasteiger partial charge is 0.481 e. The summed E-state index contributed by atoms with van der Waals surface area (Å²) in [7, 11) is 0. The summed E-state index contributed by atoms with van der Waals surface area (Å²) in [5.41, 5.74) is 8.31. The minimum absolute atomic E-state index is 0.0757. The average molecular weight is 932 g/mol. The number of hydrogen-bond acceptors (Lipinski definition) is 8. The van der Waals surface area contributed by atoms with E-state index in [2.05, 4.69) is 15.4 Å². The van der Waals surface area contributed by atoms with Crippen LogP contribution in [-0.2, 0) is 32.0 Å². The van der Waals surface area contributed by atoms with Crippen LogP contribution in [0.15, 0.2) is 91.1 Å². The maximum atomic E-state index is 14.3. The number of aliphatic carboxylic acids is 2. The van der Waals surface area contributed by atoms with Crippen molar-refractivity contribution in [3.63, 3.8) is 0 Å². The van der Waals surface area contributed by atoms with Gasteiger partial charge >= 0.3 is 11.9 Å². The van der Waals surface area contributed by atoms with Crippen LogP contribution in [0.2, 0.25) is 10.0 Å². The Balaban J connectivity index is 0.000000221. The number of nitrogens with one attached hydrogen (secondary N) is 1. The number of ketones is 1. The maximum Gasteiger partial charge on any atom is 0.311 e. The third-order valence-corrected chi connectivity index (χ3v) is 12.9.